The van der Waals surface area contributed by atoms with Crippen LogP contribution in [0.15, 0.2) is 42.1 Å². The molecular weight excluding hydrogens is 206 g/mol. The highest BCUT2D eigenvalue weighted by molar-refractivity contribution is 5.80. The number of carboxylic acid groups (broad SMARTS) is 1. The molecule has 0 radical (unpaired) electrons. The number of ether oxygens (including phenoxy) is 1. The van der Waals surface area contributed by atoms with Gasteiger partial charge in [0.25, 0.3) is 0 Å². The van der Waals surface area contributed by atoms with Crippen molar-refractivity contribution in [3.63, 3.8) is 0 Å². The second-order valence-corrected chi connectivity index (χ2v) is 3.25. The third-order valence-corrected chi connectivity index (χ3v) is 1.86. The molecule has 2 N–H and O–H groups in total. The monoisotopic (exact) mass is 221 g/mol. The third kappa shape index (κ3) is 5.05. The quantitative estimate of drug-likeness (QED) is 0.566. The lowest BCUT2D eigenvalue weighted by Gasteiger charge is -2.07. The van der Waals surface area contributed by atoms with E-state index in [1.54, 1.807) is 6.92 Å². The second kappa shape index (κ2) is 6.50. The van der Waals surface area contributed by atoms with E-state index in [1.165, 1.54) is 0 Å². The summed E-state index contributed by atoms with van der Waals surface area (Å²) in [5.74, 6) is -0.141. The first-order chi connectivity index (χ1) is 7.68. The molecule has 4 heteroatoms. The molecular formula is C12H15NO3. The fourth-order valence-corrected chi connectivity index (χ4v) is 1.17. The number of carbonyl (C=O) groups is 1. The van der Waals surface area contributed by atoms with Gasteiger partial charge in [0.1, 0.15) is 12.4 Å². The molecule has 0 fully saturated rings. The first-order valence-electron chi connectivity index (χ1n) is 5.01. The number of para-hydroxylation sites is 1. The lowest BCUT2D eigenvalue weighted by molar-refractivity contribution is -0.131. The zero-order chi connectivity index (χ0) is 11.8. The van der Waals surface area contributed by atoms with Crippen LogP contribution in [-0.2, 0) is 4.79 Å². The minimum atomic E-state index is -0.950. The molecule has 1 rings (SSSR count). The van der Waals surface area contributed by atoms with Crippen molar-refractivity contribution >= 4 is 5.97 Å². The van der Waals surface area contributed by atoms with Crippen molar-refractivity contribution in [2.24, 2.45) is 0 Å². The lowest BCUT2D eigenvalue weighted by atomic mass is 10.3. The number of hydrogen-bond acceptors (Lipinski definition) is 3. The van der Waals surface area contributed by atoms with E-state index in [-0.39, 0.29) is 0 Å². The first kappa shape index (κ1) is 12.1. The van der Waals surface area contributed by atoms with Gasteiger partial charge >= 0.3 is 5.97 Å². The number of hydrogen-bond donors (Lipinski definition) is 2. The molecule has 1 aromatic carbocycles. The standard InChI is InChI=1S/C12H15NO3/c1-10(9-12(14)15)13-7-8-16-11-5-3-2-4-6-11/h2-6,9,13H,7-8H2,1H3,(H,14,15)/b10-9-. The number of nitrogens with one attached hydrogen (secondary N) is 1. The molecule has 1 aromatic rings. The lowest BCUT2D eigenvalue weighted by Crippen LogP contribution is -2.19. The van der Waals surface area contributed by atoms with E-state index >= 15 is 0 Å². The second-order valence-electron chi connectivity index (χ2n) is 3.25. The van der Waals surface area contributed by atoms with Gasteiger partial charge in [-0.2, -0.15) is 0 Å². The summed E-state index contributed by atoms with van der Waals surface area (Å²) in [5.41, 5.74) is 0.615. The maximum Gasteiger partial charge on any atom is 0.330 e. The average Bonchev–Trinajstić information content (AvgIpc) is 2.25. The topological polar surface area (TPSA) is 58.6 Å². The smallest absolute Gasteiger partial charge is 0.330 e. The molecule has 0 amide bonds. The largest absolute Gasteiger partial charge is 0.492 e. The Hall–Kier alpha value is -1.97. The van der Waals surface area contributed by atoms with Crippen molar-refractivity contribution in [2.75, 3.05) is 13.2 Å². The molecule has 0 spiro atoms. The van der Waals surface area contributed by atoms with Crippen molar-refractivity contribution in [3.8, 4) is 5.75 Å². The average molecular weight is 221 g/mol. The Morgan fingerprint density at radius 1 is 1.44 bits per heavy atom. The van der Waals surface area contributed by atoms with Crippen LogP contribution < -0.4 is 10.1 Å². The summed E-state index contributed by atoms with van der Waals surface area (Å²) < 4.78 is 5.42. The SMILES string of the molecule is C/C(=C/C(=O)O)NCCOc1ccccc1. The molecule has 0 aliphatic carbocycles. The van der Waals surface area contributed by atoms with Crippen LogP contribution in [0.3, 0.4) is 0 Å². The van der Waals surface area contributed by atoms with Gasteiger partial charge in [-0.3, -0.25) is 0 Å². The predicted octanol–water partition coefficient (Wildman–Crippen LogP) is 1.64. The van der Waals surface area contributed by atoms with Crippen LogP contribution in [0.2, 0.25) is 0 Å². The summed E-state index contributed by atoms with van der Waals surface area (Å²) in [4.78, 5) is 10.3. The van der Waals surface area contributed by atoms with Crippen LogP contribution in [0.25, 0.3) is 0 Å². The third-order valence-electron chi connectivity index (χ3n) is 1.86. The summed E-state index contributed by atoms with van der Waals surface area (Å²) in [7, 11) is 0. The number of carboxylic acids is 1. The molecule has 0 heterocycles. The van der Waals surface area contributed by atoms with Crippen LogP contribution >= 0.6 is 0 Å². The zero-order valence-electron chi connectivity index (χ0n) is 9.14. The summed E-state index contributed by atoms with van der Waals surface area (Å²) in [6.07, 6.45) is 1.13. The highest BCUT2D eigenvalue weighted by Crippen LogP contribution is 2.07. The van der Waals surface area contributed by atoms with Gasteiger partial charge in [0.15, 0.2) is 0 Å². The van der Waals surface area contributed by atoms with Crippen molar-refractivity contribution in [1.29, 1.82) is 0 Å². The normalized spacial score (nSPS) is 10.9. The van der Waals surface area contributed by atoms with E-state index in [0.717, 1.165) is 11.8 Å². The van der Waals surface area contributed by atoms with E-state index in [2.05, 4.69) is 5.32 Å². The van der Waals surface area contributed by atoms with Crippen LogP contribution in [0, 0.1) is 0 Å². The predicted molar refractivity (Wildman–Crippen MR) is 61.3 cm³/mol. The number of aliphatic carboxylic acids is 1. The van der Waals surface area contributed by atoms with Crippen LogP contribution in [0.1, 0.15) is 6.92 Å². The Morgan fingerprint density at radius 3 is 2.75 bits per heavy atom. The highest BCUT2D eigenvalue weighted by Gasteiger charge is 1.94. The molecule has 0 aromatic heterocycles. The Bertz CT molecular complexity index is 360. The van der Waals surface area contributed by atoms with Gasteiger partial charge < -0.3 is 15.2 Å². The minimum Gasteiger partial charge on any atom is -0.492 e. The molecule has 4 nitrogen and oxygen atoms in total. The summed E-state index contributed by atoms with van der Waals surface area (Å²) in [6.45, 7) is 2.77. The van der Waals surface area contributed by atoms with E-state index in [4.69, 9.17) is 9.84 Å². The van der Waals surface area contributed by atoms with Crippen LogP contribution in [0.5, 0.6) is 5.75 Å². The van der Waals surface area contributed by atoms with Gasteiger partial charge in [0, 0.05) is 18.3 Å². The maximum atomic E-state index is 10.3. The molecule has 0 unspecified atom stereocenters. The number of benzene rings is 1. The maximum absolute atomic E-state index is 10.3. The summed E-state index contributed by atoms with van der Waals surface area (Å²) in [6, 6.07) is 9.47. The van der Waals surface area contributed by atoms with Crippen LogP contribution in [-0.4, -0.2) is 24.2 Å². The molecule has 86 valence electrons. The molecule has 0 atom stereocenters. The van der Waals surface area contributed by atoms with Crippen LogP contribution in [0.4, 0.5) is 0 Å². The van der Waals surface area contributed by atoms with E-state index in [9.17, 15) is 4.79 Å². The van der Waals surface area contributed by atoms with Gasteiger partial charge in [0.05, 0.1) is 0 Å². The van der Waals surface area contributed by atoms with Gasteiger partial charge in [0.2, 0.25) is 0 Å². The van der Waals surface area contributed by atoms with Gasteiger partial charge in [-0.15, -0.1) is 0 Å². The Labute approximate surface area is 94.6 Å². The summed E-state index contributed by atoms with van der Waals surface area (Å²) in [5, 5.41) is 11.4. The van der Waals surface area contributed by atoms with E-state index < -0.39 is 5.97 Å². The van der Waals surface area contributed by atoms with Gasteiger partial charge in [-0.25, -0.2) is 4.79 Å². The Kier molecular flexibility index (Phi) is 4.92. The van der Waals surface area contributed by atoms with Gasteiger partial charge in [-0.1, -0.05) is 18.2 Å². The Morgan fingerprint density at radius 2 is 2.12 bits per heavy atom. The molecule has 16 heavy (non-hydrogen) atoms. The fourth-order valence-electron chi connectivity index (χ4n) is 1.17. The number of allylic oxidation sites excluding steroid dienone is 1. The van der Waals surface area contributed by atoms with Crippen molar-refractivity contribution in [2.45, 2.75) is 6.92 Å². The molecule has 0 bridgehead atoms. The zero-order valence-corrected chi connectivity index (χ0v) is 9.14. The van der Waals surface area contributed by atoms with Crippen molar-refractivity contribution < 1.29 is 14.6 Å². The van der Waals surface area contributed by atoms with E-state index in [0.29, 0.717) is 18.8 Å². The van der Waals surface area contributed by atoms with Crippen molar-refractivity contribution in [3.05, 3.63) is 42.1 Å². The van der Waals surface area contributed by atoms with Crippen molar-refractivity contribution in [1.82, 2.24) is 5.32 Å². The highest BCUT2D eigenvalue weighted by atomic mass is 16.5. The molecule has 0 saturated heterocycles. The minimum absolute atomic E-state index is 0.495. The molecule has 0 aliphatic rings. The molecule has 0 aliphatic heterocycles. The summed E-state index contributed by atoms with van der Waals surface area (Å²) >= 11 is 0. The number of rotatable bonds is 6. The Balaban J connectivity index is 2.20. The molecule has 0 saturated carbocycles. The van der Waals surface area contributed by atoms with Gasteiger partial charge in [-0.05, 0) is 19.1 Å². The first-order valence-corrected chi connectivity index (χ1v) is 5.01. The fraction of sp³-hybridized carbons (Fsp3) is 0.250. The van der Waals surface area contributed by atoms with E-state index in [1.807, 2.05) is 30.3 Å².